The molecule has 0 radical (unpaired) electrons. The van der Waals surface area contributed by atoms with Crippen molar-refractivity contribution >= 4 is 11.9 Å². The summed E-state index contributed by atoms with van der Waals surface area (Å²) < 4.78 is 24.4. The Kier molecular flexibility index (Phi) is 5.79. The Morgan fingerprint density at radius 1 is 1.00 bits per heavy atom. The molecule has 0 amide bonds. The lowest BCUT2D eigenvalue weighted by Crippen LogP contribution is -2.14. The van der Waals surface area contributed by atoms with Gasteiger partial charge in [-0.2, -0.15) is 0 Å². The van der Waals surface area contributed by atoms with Gasteiger partial charge in [0.2, 0.25) is 0 Å². The highest BCUT2D eigenvalue weighted by molar-refractivity contribution is 6.05. The summed E-state index contributed by atoms with van der Waals surface area (Å²) in [6, 6.07) is 2.82. The molecule has 0 aliphatic rings. The first kappa shape index (κ1) is 15.8. The van der Waals surface area contributed by atoms with E-state index in [0.29, 0.717) is 5.75 Å². The Balaban J connectivity index is 3.39. The van der Waals surface area contributed by atoms with Crippen LogP contribution in [0.5, 0.6) is 11.5 Å². The second kappa shape index (κ2) is 7.34. The van der Waals surface area contributed by atoms with E-state index in [1.807, 2.05) is 0 Å². The summed E-state index contributed by atoms with van der Waals surface area (Å²) in [6.45, 7) is -0.0126. The monoisotopic (exact) mass is 284 g/mol. The molecule has 7 nitrogen and oxygen atoms in total. The van der Waals surface area contributed by atoms with Crippen LogP contribution in [0.25, 0.3) is 0 Å². The van der Waals surface area contributed by atoms with E-state index in [-0.39, 0.29) is 23.7 Å². The van der Waals surface area contributed by atoms with Crippen LogP contribution >= 0.6 is 0 Å². The molecule has 0 saturated carbocycles. The average Bonchev–Trinajstić information content (AvgIpc) is 2.50. The topological polar surface area (TPSA) is 80.3 Å². The fraction of sp³-hybridized carbons (Fsp3) is 0.385. The number of methoxy groups -OCH3 is 4. The predicted molar refractivity (Wildman–Crippen MR) is 68.2 cm³/mol. The molecule has 0 heterocycles. The Hall–Kier alpha value is -2.28. The standard InChI is InChI=1S/C13H16O7/c1-16-7-20-8-5-9(12(14)18-3)11(13(15)19-4)10(6-8)17-2/h5-6H,7H2,1-4H3. The predicted octanol–water partition coefficient (Wildman–Crippen LogP) is 1.25. The second-order valence-electron chi connectivity index (χ2n) is 3.58. The molecule has 0 unspecified atom stereocenters. The van der Waals surface area contributed by atoms with Gasteiger partial charge in [0.15, 0.2) is 6.79 Å². The van der Waals surface area contributed by atoms with Crippen molar-refractivity contribution in [2.24, 2.45) is 0 Å². The van der Waals surface area contributed by atoms with E-state index in [0.717, 1.165) is 0 Å². The van der Waals surface area contributed by atoms with E-state index >= 15 is 0 Å². The molecule has 110 valence electrons. The SMILES string of the molecule is COCOc1cc(OC)c(C(=O)OC)c(C(=O)OC)c1. The largest absolute Gasteiger partial charge is 0.496 e. The fourth-order valence-electron chi connectivity index (χ4n) is 1.55. The molecule has 0 saturated heterocycles. The van der Waals surface area contributed by atoms with Crippen molar-refractivity contribution in [2.75, 3.05) is 35.2 Å². The molecular weight excluding hydrogens is 268 g/mol. The molecule has 1 rings (SSSR count). The highest BCUT2D eigenvalue weighted by atomic mass is 16.7. The Labute approximate surface area is 116 Å². The smallest absolute Gasteiger partial charge is 0.342 e. The summed E-state index contributed by atoms with van der Waals surface area (Å²) in [5.74, 6) is -0.963. The third-order valence-electron chi connectivity index (χ3n) is 2.43. The van der Waals surface area contributed by atoms with Crippen molar-refractivity contribution in [1.82, 2.24) is 0 Å². The number of ether oxygens (including phenoxy) is 5. The van der Waals surface area contributed by atoms with E-state index in [9.17, 15) is 9.59 Å². The van der Waals surface area contributed by atoms with E-state index < -0.39 is 11.9 Å². The number of hydrogen-bond donors (Lipinski definition) is 0. The lowest BCUT2D eigenvalue weighted by Gasteiger charge is -2.14. The van der Waals surface area contributed by atoms with Gasteiger partial charge in [0.25, 0.3) is 0 Å². The van der Waals surface area contributed by atoms with Crippen LogP contribution in [0.1, 0.15) is 20.7 Å². The minimum atomic E-state index is -0.708. The van der Waals surface area contributed by atoms with Gasteiger partial charge < -0.3 is 23.7 Å². The van der Waals surface area contributed by atoms with Crippen LogP contribution < -0.4 is 9.47 Å². The molecular formula is C13H16O7. The van der Waals surface area contributed by atoms with Gasteiger partial charge in [0.1, 0.15) is 17.1 Å². The first-order valence-electron chi connectivity index (χ1n) is 5.59. The molecule has 0 atom stereocenters. The Bertz CT molecular complexity index is 496. The van der Waals surface area contributed by atoms with E-state index in [1.54, 1.807) is 0 Å². The van der Waals surface area contributed by atoms with Crippen LogP contribution in [-0.2, 0) is 14.2 Å². The number of carbonyl (C=O) groups is 2. The van der Waals surface area contributed by atoms with Gasteiger partial charge in [0, 0.05) is 13.2 Å². The number of hydrogen-bond acceptors (Lipinski definition) is 7. The van der Waals surface area contributed by atoms with Crippen LogP contribution in [0.2, 0.25) is 0 Å². The van der Waals surface area contributed by atoms with Gasteiger partial charge in [-0.05, 0) is 6.07 Å². The third kappa shape index (κ3) is 3.39. The first-order chi connectivity index (χ1) is 9.58. The molecule has 0 spiro atoms. The van der Waals surface area contributed by atoms with Crippen molar-refractivity contribution < 1.29 is 33.3 Å². The van der Waals surface area contributed by atoms with Crippen LogP contribution in [0.15, 0.2) is 12.1 Å². The van der Waals surface area contributed by atoms with E-state index in [4.69, 9.17) is 14.2 Å². The van der Waals surface area contributed by atoms with Gasteiger partial charge in [-0.3, -0.25) is 0 Å². The lowest BCUT2D eigenvalue weighted by molar-refractivity contribution is 0.0496. The number of benzene rings is 1. The average molecular weight is 284 g/mol. The molecule has 0 aliphatic carbocycles. The molecule has 0 N–H and O–H groups in total. The fourth-order valence-corrected chi connectivity index (χ4v) is 1.55. The Morgan fingerprint density at radius 3 is 2.15 bits per heavy atom. The summed E-state index contributed by atoms with van der Waals surface area (Å²) in [4.78, 5) is 23.6. The summed E-state index contributed by atoms with van der Waals surface area (Å²) in [5, 5.41) is 0. The molecule has 0 aromatic heterocycles. The maximum Gasteiger partial charge on any atom is 0.342 e. The van der Waals surface area contributed by atoms with Crippen molar-refractivity contribution in [2.45, 2.75) is 0 Å². The van der Waals surface area contributed by atoms with Crippen molar-refractivity contribution in [3.63, 3.8) is 0 Å². The highest BCUT2D eigenvalue weighted by Gasteiger charge is 2.25. The minimum absolute atomic E-state index is 0.00944. The number of rotatable bonds is 6. The maximum absolute atomic E-state index is 11.8. The maximum atomic E-state index is 11.8. The molecule has 0 aliphatic heterocycles. The summed E-state index contributed by atoms with van der Waals surface area (Å²) >= 11 is 0. The highest BCUT2D eigenvalue weighted by Crippen LogP contribution is 2.30. The molecule has 0 fully saturated rings. The van der Waals surface area contributed by atoms with E-state index in [1.165, 1.54) is 40.6 Å². The summed E-state index contributed by atoms with van der Waals surface area (Å²) in [7, 11) is 5.24. The van der Waals surface area contributed by atoms with Crippen molar-refractivity contribution in [3.05, 3.63) is 23.3 Å². The van der Waals surface area contributed by atoms with Crippen molar-refractivity contribution in [1.29, 1.82) is 0 Å². The molecule has 1 aromatic rings. The quantitative estimate of drug-likeness (QED) is 0.574. The number of carbonyl (C=O) groups excluding carboxylic acids is 2. The van der Waals surface area contributed by atoms with Gasteiger partial charge in [-0.1, -0.05) is 0 Å². The second-order valence-corrected chi connectivity index (χ2v) is 3.58. The van der Waals surface area contributed by atoms with Gasteiger partial charge in [0.05, 0.1) is 26.9 Å². The molecule has 7 heteroatoms. The molecule has 20 heavy (non-hydrogen) atoms. The molecule has 1 aromatic carbocycles. The zero-order valence-electron chi connectivity index (χ0n) is 11.7. The van der Waals surface area contributed by atoms with Crippen LogP contribution in [0, 0.1) is 0 Å². The third-order valence-corrected chi connectivity index (χ3v) is 2.43. The normalized spacial score (nSPS) is 9.80. The zero-order valence-corrected chi connectivity index (χ0v) is 11.7. The van der Waals surface area contributed by atoms with Gasteiger partial charge >= 0.3 is 11.9 Å². The summed E-state index contributed by atoms with van der Waals surface area (Å²) in [5.41, 5.74) is -0.0311. The molecule has 0 bridgehead atoms. The Morgan fingerprint density at radius 2 is 1.65 bits per heavy atom. The van der Waals surface area contributed by atoms with E-state index in [2.05, 4.69) is 9.47 Å². The minimum Gasteiger partial charge on any atom is -0.496 e. The lowest BCUT2D eigenvalue weighted by atomic mass is 10.1. The summed E-state index contributed by atoms with van der Waals surface area (Å²) in [6.07, 6.45) is 0. The van der Waals surface area contributed by atoms with Crippen LogP contribution in [-0.4, -0.2) is 47.2 Å². The van der Waals surface area contributed by atoms with Crippen molar-refractivity contribution in [3.8, 4) is 11.5 Å². The zero-order chi connectivity index (χ0) is 15.1. The first-order valence-corrected chi connectivity index (χ1v) is 5.59. The van der Waals surface area contributed by atoms with Crippen LogP contribution in [0.4, 0.5) is 0 Å². The van der Waals surface area contributed by atoms with Gasteiger partial charge in [-0.25, -0.2) is 9.59 Å². The number of esters is 2. The van der Waals surface area contributed by atoms with Gasteiger partial charge in [-0.15, -0.1) is 0 Å². The van der Waals surface area contributed by atoms with Crippen LogP contribution in [0.3, 0.4) is 0 Å².